The maximum Gasteiger partial charge on any atom is 0.276 e. The van der Waals surface area contributed by atoms with E-state index < -0.39 is 16.4 Å². The van der Waals surface area contributed by atoms with Gasteiger partial charge in [-0.05, 0) is 18.2 Å². The second-order valence-corrected chi connectivity index (χ2v) is 4.42. The number of hydrogen-bond donors (Lipinski definition) is 0. The van der Waals surface area contributed by atoms with Crippen LogP contribution >= 0.6 is 23.2 Å². The van der Waals surface area contributed by atoms with Crippen molar-refractivity contribution >= 4 is 28.9 Å². The molecule has 2 aromatic carbocycles. The molecule has 0 amide bonds. The highest BCUT2D eigenvalue weighted by atomic mass is 35.5. The molecule has 2 aromatic rings. The van der Waals surface area contributed by atoms with Gasteiger partial charge in [-0.2, -0.15) is 0 Å². The molecule has 0 aliphatic rings. The zero-order valence-electron chi connectivity index (χ0n) is 9.27. The van der Waals surface area contributed by atoms with Gasteiger partial charge < -0.3 is 4.74 Å². The van der Waals surface area contributed by atoms with Crippen LogP contribution in [0.15, 0.2) is 36.4 Å². The topological polar surface area (TPSA) is 52.4 Å². The SMILES string of the molecule is O=[N+]([O-])c1cc(F)cc(Oc2ccc(Cl)cc2Cl)c1. The molecule has 0 aliphatic heterocycles. The third-order valence-corrected chi connectivity index (χ3v) is 2.72. The van der Waals surface area contributed by atoms with Gasteiger partial charge in [0.05, 0.1) is 22.1 Å². The molecular formula is C12H6Cl2FNO3. The van der Waals surface area contributed by atoms with E-state index in [1.807, 2.05) is 0 Å². The predicted molar refractivity (Wildman–Crippen MR) is 69.6 cm³/mol. The Labute approximate surface area is 117 Å². The predicted octanol–water partition coefficient (Wildman–Crippen LogP) is 4.83. The number of ether oxygens (including phenoxy) is 1. The first-order valence-electron chi connectivity index (χ1n) is 5.03. The van der Waals surface area contributed by atoms with E-state index in [1.54, 1.807) is 0 Å². The van der Waals surface area contributed by atoms with Gasteiger partial charge in [0.1, 0.15) is 17.3 Å². The van der Waals surface area contributed by atoms with Gasteiger partial charge >= 0.3 is 0 Å². The molecule has 0 N–H and O–H groups in total. The minimum absolute atomic E-state index is 0.0177. The van der Waals surface area contributed by atoms with Crippen molar-refractivity contribution in [2.24, 2.45) is 0 Å². The molecule has 98 valence electrons. The quantitative estimate of drug-likeness (QED) is 0.602. The highest BCUT2D eigenvalue weighted by Gasteiger charge is 2.12. The van der Waals surface area contributed by atoms with Crippen LogP contribution in [0, 0.1) is 15.9 Å². The van der Waals surface area contributed by atoms with Crippen molar-refractivity contribution in [3.63, 3.8) is 0 Å². The van der Waals surface area contributed by atoms with E-state index in [9.17, 15) is 14.5 Å². The molecule has 0 saturated heterocycles. The van der Waals surface area contributed by atoms with Crippen LogP contribution in [-0.2, 0) is 0 Å². The molecule has 0 fully saturated rings. The summed E-state index contributed by atoms with van der Waals surface area (Å²) in [5, 5.41) is 11.2. The molecule has 19 heavy (non-hydrogen) atoms. The highest BCUT2D eigenvalue weighted by Crippen LogP contribution is 2.33. The van der Waals surface area contributed by atoms with Crippen molar-refractivity contribution in [2.45, 2.75) is 0 Å². The summed E-state index contributed by atoms with van der Waals surface area (Å²) in [5.41, 5.74) is -0.403. The lowest BCUT2D eigenvalue weighted by atomic mass is 10.3. The average Bonchev–Trinajstić information content (AvgIpc) is 2.32. The maximum absolute atomic E-state index is 13.2. The summed E-state index contributed by atoms with van der Waals surface area (Å²) < 4.78 is 18.5. The fourth-order valence-corrected chi connectivity index (χ4v) is 1.84. The minimum atomic E-state index is -0.769. The third-order valence-electron chi connectivity index (χ3n) is 2.19. The van der Waals surface area contributed by atoms with Crippen molar-refractivity contribution in [1.29, 1.82) is 0 Å². The van der Waals surface area contributed by atoms with E-state index >= 15 is 0 Å². The Kier molecular flexibility index (Phi) is 3.87. The van der Waals surface area contributed by atoms with Crippen molar-refractivity contribution in [1.82, 2.24) is 0 Å². The number of hydrogen-bond acceptors (Lipinski definition) is 3. The highest BCUT2D eigenvalue weighted by molar-refractivity contribution is 6.35. The van der Waals surface area contributed by atoms with Crippen molar-refractivity contribution in [3.05, 3.63) is 62.4 Å². The lowest BCUT2D eigenvalue weighted by Crippen LogP contribution is -1.92. The fraction of sp³-hybridized carbons (Fsp3) is 0. The van der Waals surface area contributed by atoms with E-state index in [0.717, 1.165) is 18.2 Å². The lowest BCUT2D eigenvalue weighted by molar-refractivity contribution is -0.385. The average molecular weight is 302 g/mol. The zero-order valence-corrected chi connectivity index (χ0v) is 10.8. The first-order valence-corrected chi connectivity index (χ1v) is 5.79. The Morgan fingerprint density at radius 1 is 1.16 bits per heavy atom. The first kappa shape index (κ1) is 13.6. The Hall–Kier alpha value is -1.85. The van der Waals surface area contributed by atoms with Crippen LogP contribution in [0.5, 0.6) is 11.5 Å². The monoisotopic (exact) mass is 301 g/mol. The normalized spacial score (nSPS) is 10.3. The first-order chi connectivity index (χ1) is 8.95. The molecule has 0 unspecified atom stereocenters. The Bertz CT molecular complexity index is 649. The number of benzene rings is 2. The van der Waals surface area contributed by atoms with Gasteiger partial charge in [0.15, 0.2) is 0 Å². The van der Waals surface area contributed by atoms with Crippen molar-refractivity contribution in [3.8, 4) is 11.5 Å². The van der Waals surface area contributed by atoms with Crippen LogP contribution in [-0.4, -0.2) is 4.92 Å². The van der Waals surface area contributed by atoms with E-state index in [4.69, 9.17) is 27.9 Å². The second kappa shape index (κ2) is 5.42. The van der Waals surface area contributed by atoms with Crippen molar-refractivity contribution in [2.75, 3.05) is 0 Å². The van der Waals surface area contributed by atoms with Crippen molar-refractivity contribution < 1.29 is 14.1 Å². The van der Waals surface area contributed by atoms with Gasteiger partial charge in [0.2, 0.25) is 0 Å². The van der Waals surface area contributed by atoms with E-state index in [-0.39, 0.29) is 16.5 Å². The summed E-state index contributed by atoms with van der Waals surface area (Å²) in [6, 6.07) is 7.41. The summed E-state index contributed by atoms with van der Waals surface area (Å²) in [6.07, 6.45) is 0. The van der Waals surface area contributed by atoms with Crippen LogP contribution in [0.25, 0.3) is 0 Å². The van der Waals surface area contributed by atoms with Gasteiger partial charge in [-0.15, -0.1) is 0 Å². The molecule has 0 bridgehead atoms. The number of non-ortho nitro benzene ring substituents is 1. The van der Waals surface area contributed by atoms with Gasteiger partial charge in [-0.3, -0.25) is 10.1 Å². The van der Waals surface area contributed by atoms with E-state index in [2.05, 4.69) is 0 Å². The van der Waals surface area contributed by atoms with Crippen LogP contribution in [0.4, 0.5) is 10.1 Å². The third kappa shape index (κ3) is 3.33. The van der Waals surface area contributed by atoms with E-state index in [1.165, 1.54) is 18.2 Å². The number of nitro groups is 1. The van der Waals surface area contributed by atoms with Crippen LogP contribution in [0.3, 0.4) is 0 Å². The fourth-order valence-electron chi connectivity index (χ4n) is 1.40. The Morgan fingerprint density at radius 3 is 2.53 bits per heavy atom. The number of nitrogens with zero attached hydrogens (tertiary/aromatic N) is 1. The summed E-state index contributed by atoms with van der Waals surface area (Å²) in [4.78, 5) is 9.90. The Morgan fingerprint density at radius 2 is 1.89 bits per heavy atom. The van der Waals surface area contributed by atoms with Crippen LogP contribution < -0.4 is 4.74 Å². The molecule has 7 heteroatoms. The molecule has 0 spiro atoms. The largest absolute Gasteiger partial charge is 0.455 e. The summed E-state index contributed by atoms with van der Waals surface area (Å²) in [5.74, 6) is -0.559. The summed E-state index contributed by atoms with van der Waals surface area (Å²) >= 11 is 11.6. The molecule has 0 aromatic heterocycles. The van der Waals surface area contributed by atoms with Gasteiger partial charge in [-0.25, -0.2) is 4.39 Å². The molecule has 0 heterocycles. The molecule has 0 saturated carbocycles. The number of rotatable bonds is 3. The van der Waals surface area contributed by atoms with Gasteiger partial charge in [0.25, 0.3) is 5.69 Å². The maximum atomic E-state index is 13.2. The number of nitro benzene ring substituents is 1. The zero-order chi connectivity index (χ0) is 14.0. The van der Waals surface area contributed by atoms with Crippen LogP contribution in [0.2, 0.25) is 10.0 Å². The van der Waals surface area contributed by atoms with Gasteiger partial charge in [0, 0.05) is 11.1 Å². The minimum Gasteiger partial charge on any atom is -0.455 e. The lowest BCUT2D eigenvalue weighted by Gasteiger charge is -2.07. The molecule has 0 aliphatic carbocycles. The molecule has 0 atom stereocenters. The second-order valence-electron chi connectivity index (χ2n) is 3.58. The van der Waals surface area contributed by atoms with Crippen LogP contribution in [0.1, 0.15) is 0 Å². The molecule has 4 nitrogen and oxygen atoms in total. The Balaban J connectivity index is 2.35. The summed E-state index contributed by atoms with van der Waals surface area (Å²) in [6.45, 7) is 0. The smallest absolute Gasteiger partial charge is 0.276 e. The van der Waals surface area contributed by atoms with Gasteiger partial charge in [-0.1, -0.05) is 23.2 Å². The number of halogens is 3. The molecule has 2 rings (SSSR count). The molecular weight excluding hydrogens is 296 g/mol. The summed E-state index contributed by atoms with van der Waals surface area (Å²) in [7, 11) is 0. The van der Waals surface area contributed by atoms with E-state index in [0.29, 0.717) is 5.02 Å². The molecule has 0 radical (unpaired) electrons. The standard InChI is InChI=1S/C12H6Cl2FNO3/c13-7-1-2-12(11(14)3-7)19-10-5-8(15)4-9(6-10)16(17)18/h1-6H.